The van der Waals surface area contributed by atoms with E-state index in [0.29, 0.717) is 35.2 Å². The third kappa shape index (κ3) is 3.77. The number of fused-ring (bicyclic) bond motifs is 2. The number of nitrogens with zero attached hydrogens (tertiary/aromatic N) is 3. The molecule has 1 aromatic heterocycles. The Morgan fingerprint density at radius 3 is 2.87 bits per heavy atom. The number of rotatable bonds is 4. The maximum atomic E-state index is 14.5. The molecule has 2 aromatic carbocycles. The zero-order chi connectivity index (χ0) is 20.5. The van der Waals surface area contributed by atoms with E-state index in [1.165, 1.54) is 25.6 Å². The molecule has 6 nitrogen and oxygen atoms in total. The highest BCUT2D eigenvalue weighted by Crippen LogP contribution is 2.38. The number of aryl methyl sites for hydroxylation is 1. The van der Waals surface area contributed by atoms with Gasteiger partial charge in [-0.15, -0.1) is 0 Å². The average molecular weight is 408 g/mol. The van der Waals surface area contributed by atoms with E-state index >= 15 is 0 Å². The zero-order valence-corrected chi connectivity index (χ0v) is 17.0. The first-order chi connectivity index (χ1) is 14.7. The topological polar surface area (TPSA) is 59.5 Å². The minimum atomic E-state index is -0.289. The number of likely N-dealkylation sites (tertiary alicyclic amines) is 1. The van der Waals surface area contributed by atoms with Crippen molar-refractivity contribution in [3.05, 3.63) is 48.0 Å². The smallest absolute Gasteiger partial charge is 0.163 e. The molecule has 0 amide bonds. The number of ether oxygens (including phenoxy) is 2. The first-order valence-corrected chi connectivity index (χ1v) is 10.5. The molecule has 0 radical (unpaired) electrons. The number of anilines is 2. The molecule has 3 heterocycles. The lowest BCUT2D eigenvalue weighted by molar-refractivity contribution is 0.0535. The molecule has 30 heavy (non-hydrogen) atoms. The Hall–Kier alpha value is -2.93. The molecule has 1 unspecified atom stereocenters. The lowest BCUT2D eigenvalue weighted by atomic mass is 10.1. The molecule has 0 saturated carbocycles. The fourth-order valence-corrected chi connectivity index (χ4v) is 4.16. The monoisotopic (exact) mass is 408 g/mol. The lowest BCUT2D eigenvalue weighted by Gasteiger charge is -2.33. The second-order valence-electron chi connectivity index (χ2n) is 8.01. The summed E-state index contributed by atoms with van der Waals surface area (Å²) in [7, 11) is 0. The molecule has 3 aromatic rings. The molecule has 0 bridgehead atoms. The van der Waals surface area contributed by atoms with Gasteiger partial charge in [0.15, 0.2) is 11.5 Å². The van der Waals surface area contributed by atoms with Gasteiger partial charge in [-0.1, -0.05) is 18.6 Å². The van der Waals surface area contributed by atoms with Crippen LogP contribution in [0.4, 0.5) is 15.9 Å². The number of nitrogens with one attached hydrogen (secondary N) is 1. The molecule has 1 fully saturated rings. The maximum Gasteiger partial charge on any atom is 0.163 e. The highest BCUT2D eigenvalue weighted by Gasteiger charge is 2.25. The van der Waals surface area contributed by atoms with Gasteiger partial charge in [0.05, 0.1) is 11.2 Å². The van der Waals surface area contributed by atoms with Crippen LogP contribution in [0.1, 0.15) is 24.8 Å². The number of piperidine rings is 1. The van der Waals surface area contributed by atoms with Crippen molar-refractivity contribution in [1.29, 1.82) is 0 Å². The molecule has 1 atom stereocenters. The van der Waals surface area contributed by atoms with Gasteiger partial charge in [-0.3, -0.25) is 4.90 Å². The van der Waals surface area contributed by atoms with Gasteiger partial charge in [0.2, 0.25) is 0 Å². The summed E-state index contributed by atoms with van der Waals surface area (Å²) >= 11 is 0. The van der Waals surface area contributed by atoms with Crippen LogP contribution in [0, 0.1) is 12.7 Å². The van der Waals surface area contributed by atoms with Crippen molar-refractivity contribution >= 4 is 22.4 Å². The molecular weight excluding hydrogens is 383 g/mol. The first kappa shape index (κ1) is 19.1. The van der Waals surface area contributed by atoms with Crippen molar-refractivity contribution in [3.63, 3.8) is 0 Å². The number of benzene rings is 2. The standard InChI is InChI=1S/C23H25FN4O2/c1-15-6-5-7-18(22(15)24)27-23-17-10-21-20(11-19(17)25-14-26-23)29-13-16(30-21)12-28-8-3-2-4-9-28/h5-7,10-11,14,16H,2-4,8-9,12-13H2,1H3,(H,25,26,27). The summed E-state index contributed by atoms with van der Waals surface area (Å²) < 4.78 is 26.7. The number of halogens is 1. The van der Waals surface area contributed by atoms with Gasteiger partial charge in [0.25, 0.3) is 0 Å². The fraction of sp³-hybridized carbons (Fsp3) is 0.391. The van der Waals surface area contributed by atoms with Gasteiger partial charge in [-0.25, -0.2) is 14.4 Å². The maximum absolute atomic E-state index is 14.5. The quantitative estimate of drug-likeness (QED) is 0.688. The van der Waals surface area contributed by atoms with Gasteiger partial charge < -0.3 is 14.8 Å². The van der Waals surface area contributed by atoms with E-state index in [-0.39, 0.29) is 11.9 Å². The first-order valence-electron chi connectivity index (χ1n) is 10.5. The second kappa shape index (κ2) is 8.07. The van der Waals surface area contributed by atoms with Crippen molar-refractivity contribution in [2.24, 2.45) is 0 Å². The van der Waals surface area contributed by atoms with Crippen molar-refractivity contribution < 1.29 is 13.9 Å². The van der Waals surface area contributed by atoms with Crippen molar-refractivity contribution in [2.45, 2.75) is 32.3 Å². The van der Waals surface area contributed by atoms with Gasteiger partial charge in [0.1, 0.15) is 30.7 Å². The van der Waals surface area contributed by atoms with Crippen LogP contribution in [-0.2, 0) is 0 Å². The molecule has 0 aliphatic carbocycles. The minimum Gasteiger partial charge on any atom is -0.486 e. The predicted molar refractivity (Wildman–Crippen MR) is 114 cm³/mol. The Labute approximate surface area is 175 Å². The molecule has 5 rings (SSSR count). The van der Waals surface area contributed by atoms with Gasteiger partial charge in [-0.2, -0.15) is 0 Å². The Kier molecular flexibility index (Phi) is 5.12. The normalized spacial score (nSPS) is 19.1. The Morgan fingerprint density at radius 2 is 2.00 bits per heavy atom. The van der Waals surface area contributed by atoms with Gasteiger partial charge in [0, 0.05) is 18.0 Å². The van der Waals surface area contributed by atoms with E-state index in [4.69, 9.17) is 9.47 Å². The highest BCUT2D eigenvalue weighted by molar-refractivity contribution is 5.93. The van der Waals surface area contributed by atoms with Crippen LogP contribution in [0.5, 0.6) is 11.5 Å². The van der Waals surface area contributed by atoms with Crippen molar-refractivity contribution in [3.8, 4) is 11.5 Å². The molecule has 7 heteroatoms. The summed E-state index contributed by atoms with van der Waals surface area (Å²) in [5.74, 6) is 1.61. The van der Waals surface area contributed by atoms with E-state index in [9.17, 15) is 4.39 Å². The summed E-state index contributed by atoms with van der Waals surface area (Å²) in [4.78, 5) is 11.1. The molecule has 2 aliphatic heterocycles. The zero-order valence-electron chi connectivity index (χ0n) is 17.0. The Bertz CT molecular complexity index is 1070. The van der Waals surface area contributed by atoms with Crippen LogP contribution in [0.2, 0.25) is 0 Å². The van der Waals surface area contributed by atoms with Crippen molar-refractivity contribution in [1.82, 2.24) is 14.9 Å². The summed E-state index contributed by atoms with van der Waals surface area (Å²) in [6.45, 7) is 5.37. The number of aromatic nitrogens is 2. The average Bonchev–Trinajstić information content (AvgIpc) is 2.76. The molecule has 0 spiro atoms. The van der Waals surface area contributed by atoms with E-state index in [1.807, 2.05) is 18.2 Å². The van der Waals surface area contributed by atoms with E-state index < -0.39 is 0 Å². The minimum absolute atomic E-state index is 0.0108. The molecule has 1 saturated heterocycles. The van der Waals surface area contributed by atoms with Crippen LogP contribution >= 0.6 is 0 Å². The number of hydrogen-bond acceptors (Lipinski definition) is 6. The third-order valence-electron chi connectivity index (χ3n) is 5.77. The van der Waals surface area contributed by atoms with Crippen LogP contribution < -0.4 is 14.8 Å². The molecule has 1 N–H and O–H groups in total. The SMILES string of the molecule is Cc1cccc(Nc2ncnc3cc4c(cc23)OC(CN2CCCCC2)CO4)c1F. The van der Waals surface area contributed by atoms with E-state index in [0.717, 1.165) is 30.5 Å². The summed E-state index contributed by atoms with van der Waals surface area (Å²) in [5, 5.41) is 3.87. The van der Waals surface area contributed by atoms with Crippen LogP contribution in [0.25, 0.3) is 10.9 Å². The van der Waals surface area contributed by atoms with Crippen LogP contribution in [-0.4, -0.2) is 47.2 Å². The largest absolute Gasteiger partial charge is 0.486 e. The highest BCUT2D eigenvalue weighted by atomic mass is 19.1. The Balaban J connectivity index is 1.42. The molecule has 2 aliphatic rings. The fourth-order valence-electron chi connectivity index (χ4n) is 4.16. The lowest BCUT2D eigenvalue weighted by Crippen LogP contribution is -2.42. The van der Waals surface area contributed by atoms with Crippen molar-refractivity contribution in [2.75, 3.05) is 31.6 Å². The second-order valence-corrected chi connectivity index (χ2v) is 8.01. The molecular formula is C23H25FN4O2. The van der Waals surface area contributed by atoms with Gasteiger partial charge >= 0.3 is 0 Å². The molecule has 156 valence electrons. The van der Waals surface area contributed by atoms with E-state index in [1.54, 1.807) is 19.1 Å². The summed E-state index contributed by atoms with van der Waals surface area (Å²) in [6.07, 6.45) is 5.26. The predicted octanol–water partition coefficient (Wildman–Crippen LogP) is 4.45. The summed E-state index contributed by atoms with van der Waals surface area (Å²) in [6, 6.07) is 9.00. The Morgan fingerprint density at radius 1 is 1.13 bits per heavy atom. The van der Waals surface area contributed by atoms with Crippen LogP contribution in [0.15, 0.2) is 36.7 Å². The van der Waals surface area contributed by atoms with Crippen LogP contribution in [0.3, 0.4) is 0 Å². The number of hydrogen-bond donors (Lipinski definition) is 1. The van der Waals surface area contributed by atoms with E-state index in [2.05, 4.69) is 20.2 Å². The van der Waals surface area contributed by atoms with Gasteiger partial charge in [-0.05, 0) is 50.6 Å². The third-order valence-corrected chi connectivity index (χ3v) is 5.77. The summed E-state index contributed by atoms with van der Waals surface area (Å²) in [5.41, 5.74) is 1.68.